The molecule has 5 rings (SSSR count). The van der Waals surface area contributed by atoms with Crippen molar-refractivity contribution in [2.75, 3.05) is 0 Å². The molecule has 1 saturated carbocycles. The minimum Gasteiger partial charge on any atom is -0.252 e. The number of hydrogen-bond donors (Lipinski definition) is 0. The molecule has 4 aromatic rings. The molecule has 34 heavy (non-hydrogen) atoms. The average Bonchev–Trinajstić information content (AvgIpc) is 3.30. The second-order valence-corrected chi connectivity index (χ2v) is 8.51. The molecule has 0 saturated heterocycles. The zero-order valence-corrected chi connectivity index (χ0v) is 18.3. The number of pyridine rings is 4. The van der Waals surface area contributed by atoms with Crippen molar-refractivity contribution in [3.05, 3.63) is 95.3 Å². The fourth-order valence-corrected chi connectivity index (χ4v) is 4.82. The highest BCUT2D eigenvalue weighted by Crippen LogP contribution is 2.46. The summed E-state index contributed by atoms with van der Waals surface area (Å²) < 4.78 is 55.7. The quantitative estimate of drug-likeness (QED) is 0.262. The van der Waals surface area contributed by atoms with E-state index in [1.165, 1.54) is 12.1 Å². The first-order valence-corrected chi connectivity index (χ1v) is 11.0. The summed E-state index contributed by atoms with van der Waals surface area (Å²) in [6.45, 7) is 1.61. The fraction of sp³-hybridized carbons (Fsp3) is 0.231. The lowest BCUT2D eigenvalue weighted by Crippen LogP contribution is -2.27. The van der Waals surface area contributed by atoms with E-state index in [-0.39, 0.29) is 11.1 Å². The number of hydrogen-bond acceptors (Lipinski definition) is 4. The van der Waals surface area contributed by atoms with Crippen LogP contribution in [-0.2, 0) is 5.41 Å². The molecule has 0 bridgehead atoms. The SMILES string of the molecule is Cc1cc(F)nc(F)c1-c1cccc(C2(c3cccc(-c4ccc(F)nc4F)n3)CCCC2)n1. The topological polar surface area (TPSA) is 51.6 Å². The maximum atomic E-state index is 14.6. The van der Waals surface area contributed by atoms with Crippen LogP contribution in [0, 0.1) is 30.7 Å². The lowest BCUT2D eigenvalue weighted by molar-refractivity contribution is 0.500. The molecular weight excluding hydrogens is 444 g/mol. The highest BCUT2D eigenvalue weighted by atomic mass is 19.1. The van der Waals surface area contributed by atoms with Gasteiger partial charge in [0.2, 0.25) is 23.8 Å². The number of aromatic nitrogens is 4. The van der Waals surface area contributed by atoms with E-state index in [1.807, 2.05) is 12.1 Å². The molecule has 0 unspecified atom stereocenters. The largest absolute Gasteiger partial charge is 0.252 e. The van der Waals surface area contributed by atoms with Crippen molar-refractivity contribution in [3.8, 4) is 22.5 Å². The maximum Gasteiger partial charge on any atom is 0.225 e. The summed E-state index contributed by atoms with van der Waals surface area (Å²) in [6, 6.07) is 14.2. The van der Waals surface area contributed by atoms with Gasteiger partial charge in [-0.2, -0.15) is 27.5 Å². The van der Waals surface area contributed by atoms with Crippen LogP contribution in [0.5, 0.6) is 0 Å². The van der Waals surface area contributed by atoms with Crippen molar-refractivity contribution >= 4 is 0 Å². The Hall–Kier alpha value is -3.68. The van der Waals surface area contributed by atoms with E-state index in [9.17, 15) is 17.6 Å². The molecule has 0 atom stereocenters. The summed E-state index contributed by atoms with van der Waals surface area (Å²) in [5.74, 6) is -3.63. The van der Waals surface area contributed by atoms with Crippen molar-refractivity contribution in [2.45, 2.75) is 38.0 Å². The molecule has 1 fully saturated rings. The maximum absolute atomic E-state index is 14.6. The Morgan fingerprint density at radius 3 is 1.94 bits per heavy atom. The van der Waals surface area contributed by atoms with Gasteiger partial charge < -0.3 is 0 Å². The summed E-state index contributed by atoms with van der Waals surface area (Å²) in [6.07, 6.45) is 3.39. The van der Waals surface area contributed by atoms with Gasteiger partial charge in [-0.05, 0) is 67.8 Å². The Balaban J connectivity index is 1.63. The number of halogens is 4. The van der Waals surface area contributed by atoms with Crippen LogP contribution in [-0.4, -0.2) is 19.9 Å². The Labute approximate surface area is 193 Å². The molecule has 0 spiro atoms. The molecule has 4 nitrogen and oxygen atoms in total. The molecule has 4 heterocycles. The molecule has 8 heteroatoms. The van der Waals surface area contributed by atoms with Crippen molar-refractivity contribution in [2.24, 2.45) is 0 Å². The monoisotopic (exact) mass is 464 g/mol. The highest BCUT2D eigenvalue weighted by molar-refractivity contribution is 5.64. The van der Waals surface area contributed by atoms with Crippen molar-refractivity contribution in [3.63, 3.8) is 0 Å². The molecule has 0 aliphatic heterocycles. The van der Waals surface area contributed by atoms with Gasteiger partial charge in [-0.3, -0.25) is 9.97 Å². The molecule has 4 aromatic heterocycles. The Kier molecular flexibility index (Phi) is 5.59. The number of rotatable bonds is 4. The summed E-state index contributed by atoms with van der Waals surface area (Å²) in [5, 5.41) is 0. The van der Waals surface area contributed by atoms with Crippen LogP contribution in [0.4, 0.5) is 17.6 Å². The van der Waals surface area contributed by atoms with Gasteiger partial charge in [0.05, 0.1) is 39.3 Å². The van der Waals surface area contributed by atoms with E-state index in [0.29, 0.717) is 28.3 Å². The van der Waals surface area contributed by atoms with Gasteiger partial charge in [0.15, 0.2) is 0 Å². The van der Waals surface area contributed by atoms with Gasteiger partial charge in [0.1, 0.15) is 0 Å². The smallest absolute Gasteiger partial charge is 0.225 e. The second kappa shape index (κ2) is 8.59. The van der Waals surface area contributed by atoms with Gasteiger partial charge in [-0.1, -0.05) is 25.0 Å². The van der Waals surface area contributed by atoms with Crippen LogP contribution in [0.3, 0.4) is 0 Å². The zero-order chi connectivity index (χ0) is 23.9. The lowest BCUT2D eigenvalue weighted by atomic mass is 9.78. The first kappa shape index (κ1) is 22.1. The third-order valence-corrected chi connectivity index (χ3v) is 6.42. The van der Waals surface area contributed by atoms with Gasteiger partial charge in [-0.15, -0.1) is 0 Å². The predicted octanol–water partition coefficient (Wildman–Crippen LogP) is 6.33. The third kappa shape index (κ3) is 3.83. The molecule has 172 valence electrons. The van der Waals surface area contributed by atoms with E-state index in [4.69, 9.17) is 9.97 Å². The van der Waals surface area contributed by atoms with Crippen LogP contribution in [0.15, 0.2) is 54.6 Å². The third-order valence-electron chi connectivity index (χ3n) is 6.42. The van der Waals surface area contributed by atoms with E-state index in [0.717, 1.165) is 31.7 Å². The van der Waals surface area contributed by atoms with Gasteiger partial charge in [0, 0.05) is 0 Å². The Morgan fingerprint density at radius 2 is 1.29 bits per heavy atom. The van der Waals surface area contributed by atoms with E-state index < -0.39 is 29.2 Å². The van der Waals surface area contributed by atoms with Crippen molar-refractivity contribution in [1.29, 1.82) is 0 Å². The Bertz CT molecular complexity index is 1360. The summed E-state index contributed by atoms with van der Waals surface area (Å²) in [7, 11) is 0. The summed E-state index contributed by atoms with van der Waals surface area (Å²) >= 11 is 0. The summed E-state index contributed by atoms with van der Waals surface area (Å²) in [5.41, 5.74) is 2.19. The van der Waals surface area contributed by atoms with Crippen LogP contribution in [0.1, 0.15) is 42.6 Å². The normalized spacial score (nSPS) is 15.0. The minimum atomic E-state index is -0.931. The lowest BCUT2D eigenvalue weighted by Gasteiger charge is -2.29. The summed E-state index contributed by atoms with van der Waals surface area (Å²) in [4.78, 5) is 16.1. The number of nitrogens with zero attached hydrogens (tertiary/aromatic N) is 4. The fourth-order valence-electron chi connectivity index (χ4n) is 4.82. The van der Waals surface area contributed by atoms with Crippen molar-refractivity contribution < 1.29 is 17.6 Å². The van der Waals surface area contributed by atoms with E-state index >= 15 is 0 Å². The van der Waals surface area contributed by atoms with Crippen LogP contribution >= 0.6 is 0 Å². The molecule has 0 amide bonds. The molecule has 1 aliphatic rings. The van der Waals surface area contributed by atoms with E-state index in [2.05, 4.69) is 9.97 Å². The van der Waals surface area contributed by atoms with Crippen LogP contribution < -0.4 is 0 Å². The Morgan fingerprint density at radius 1 is 0.676 bits per heavy atom. The first-order chi connectivity index (χ1) is 16.4. The van der Waals surface area contributed by atoms with Crippen molar-refractivity contribution in [1.82, 2.24) is 19.9 Å². The average molecular weight is 464 g/mol. The van der Waals surface area contributed by atoms with Gasteiger partial charge >= 0.3 is 0 Å². The number of aryl methyl sites for hydroxylation is 1. The zero-order valence-electron chi connectivity index (χ0n) is 18.3. The van der Waals surface area contributed by atoms with Gasteiger partial charge in [-0.25, -0.2) is 0 Å². The standard InChI is InChI=1S/C26H20F4N4/c1-15-14-22(28)34-25(30)23(15)18-7-5-9-20(32-18)26(12-2-3-13-26)19-8-4-6-17(31-19)16-10-11-21(27)33-24(16)29/h4-11,14H,2-3,12-13H2,1H3. The van der Waals surface area contributed by atoms with Crippen LogP contribution in [0.2, 0.25) is 0 Å². The molecule has 1 aliphatic carbocycles. The second-order valence-electron chi connectivity index (χ2n) is 8.51. The molecule has 0 radical (unpaired) electrons. The van der Waals surface area contributed by atoms with E-state index in [1.54, 1.807) is 31.2 Å². The van der Waals surface area contributed by atoms with Crippen LogP contribution in [0.25, 0.3) is 22.5 Å². The highest BCUT2D eigenvalue weighted by Gasteiger charge is 2.40. The first-order valence-electron chi connectivity index (χ1n) is 11.0. The molecule has 0 N–H and O–H groups in total. The van der Waals surface area contributed by atoms with Gasteiger partial charge in [0.25, 0.3) is 0 Å². The molecule has 0 aromatic carbocycles. The predicted molar refractivity (Wildman–Crippen MR) is 119 cm³/mol. The molecular formula is C26H20F4N4. The minimum absolute atomic E-state index is 0.105.